The van der Waals surface area contributed by atoms with Crippen LogP contribution in [0.25, 0.3) is 10.1 Å². The van der Waals surface area contributed by atoms with E-state index in [4.69, 9.17) is 5.73 Å². The Morgan fingerprint density at radius 1 is 0.889 bits per heavy atom. The van der Waals surface area contributed by atoms with Gasteiger partial charge in [0.05, 0.1) is 0 Å². The number of benzene rings is 2. The first kappa shape index (κ1) is 12.3. The molecule has 3 heteroatoms. The Kier molecular flexibility index (Phi) is 4.10. The highest BCUT2D eigenvalue weighted by Gasteiger charge is 1.93. The minimum Gasteiger partial charge on any atom is -0.366 e. The van der Waals surface area contributed by atoms with Crippen LogP contribution in [-0.4, -0.2) is 5.91 Å². The molecule has 2 aromatic carbocycles. The van der Waals surface area contributed by atoms with E-state index in [1.54, 1.807) is 35.6 Å². The van der Waals surface area contributed by atoms with E-state index < -0.39 is 0 Å². The smallest absolute Gasteiger partial charge is 0.248 e. The summed E-state index contributed by atoms with van der Waals surface area (Å²) in [6, 6.07) is 19.3. The second-order valence-electron chi connectivity index (χ2n) is 3.69. The summed E-state index contributed by atoms with van der Waals surface area (Å²) in [4.78, 5) is 10.4. The van der Waals surface area contributed by atoms with Crippen molar-refractivity contribution in [2.45, 2.75) is 0 Å². The van der Waals surface area contributed by atoms with Crippen molar-refractivity contribution in [2.75, 3.05) is 0 Å². The van der Waals surface area contributed by atoms with Crippen molar-refractivity contribution in [3.63, 3.8) is 0 Å². The molecule has 0 saturated carbocycles. The summed E-state index contributed by atoms with van der Waals surface area (Å²) in [6.07, 6.45) is 0. The van der Waals surface area contributed by atoms with Gasteiger partial charge in [-0.15, -0.1) is 11.3 Å². The summed E-state index contributed by atoms with van der Waals surface area (Å²) in [5.74, 6) is -0.379. The topological polar surface area (TPSA) is 43.1 Å². The van der Waals surface area contributed by atoms with Crippen molar-refractivity contribution < 1.29 is 4.79 Å². The van der Waals surface area contributed by atoms with E-state index in [1.807, 2.05) is 6.07 Å². The van der Waals surface area contributed by atoms with Gasteiger partial charge in [-0.05, 0) is 35.0 Å². The lowest BCUT2D eigenvalue weighted by Gasteiger charge is -1.89. The Labute approximate surface area is 110 Å². The number of rotatable bonds is 1. The fraction of sp³-hybridized carbons (Fsp3) is 0. The van der Waals surface area contributed by atoms with Gasteiger partial charge in [0.15, 0.2) is 0 Å². The number of nitrogens with two attached hydrogens (primary N) is 1. The van der Waals surface area contributed by atoms with E-state index in [-0.39, 0.29) is 5.91 Å². The van der Waals surface area contributed by atoms with Crippen molar-refractivity contribution in [1.82, 2.24) is 0 Å². The number of carbonyl (C=O) groups is 1. The highest BCUT2D eigenvalue weighted by atomic mass is 32.1. The van der Waals surface area contributed by atoms with Crippen molar-refractivity contribution in [3.05, 3.63) is 71.6 Å². The molecule has 0 atom stereocenters. The number of hydrogen-bond donors (Lipinski definition) is 1. The van der Waals surface area contributed by atoms with E-state index in [1.165, 1.54) is 10.1 Å². The van der Waals surface area contributed by atoms with Gasteiger partial charge >= 0.3 is 0 Å². The maximum Gasteiger partial charge on any atom is 0.248 e. The summed E-state index contributed by atoms with van der Waals surface area (Å²) in [5, 5.41) is 3.47. The summed E-state index contributed by atoms with van der Waals surface area (Å²) in [6.45, 7) is 0. The fourth-order valence-electron chi connectivity index (χ4n) is 1.51. The third kappa shape index (κ3) is 3.18. The minimum absolute atomic E-state index is 0.379. The zero-order valence-electron chi connectivity index (χ0n) is 9.74. The molecule has 0 aliphatic rings. The largest absolute Gasteiger partial charge is 0.366 e. The lowest BCUT2D eigenvalue weighted by molar-refractivity contribution is 0.100. The van der Waals surface area contributed by atoms with Crippen LogP contribution in [0.1, 0.15) is 10.4 Å². The molecule has 90 valence electrons. The maximum atomic E-state index is 10.4. The van der Waals surface area contributed by atoms with E-state index in [0.29, 0.717) is 5.56 Å². The van der Waals surface area contributed by atoms with Crippen LogP contribution in [0.2, 0.25) is 0 Å². The van der Waals surface area contributed by atoms with Crippen molar-refractivity contribution in [2.24, 2.45) is 5.73 Å². The molecule has 2 N–H and O–H groups in total. The first-order valence-electron chi connectivity index (χ1n) is 5.54. The summed E-state index contributed by atoms with van der Waals surface area (Å²) in [7, 11) is 0. The molecule has 1 aromatic heterocycles. The molecule has 2 nitrogen and oxygen atoms in total. The average Bonchev–Trinajstić information content (AvgIpc) is 2.89. The molecule has 0 spiro atoms. The van der Waals surface area contributed by atoms with Gasteiger partial charge in [-0.25, -0.2) is 0 Å². The first-order chi connectivity index (χ1) is 8.77. The highest BCUT2D eigenvalue weighted by Crippen LogP contribution is 2.18. The SMILES string of the molecule is NC(=O)c1ccccc1.c1ccc2sccc2c1. The van der Waals surface area contributed by atoms with Crippen LogP contribution in [0.4, 0.5) is 0 Å². The standard InChI is InChI=1S/C8H6S.C7H7NO/c1-2-4-8-7(3-1)5-6-9-8;8-7(9)6-4-2-1-3-5-6/h1-6H;1-5H,(H2,8,9). The lowest BCUT2D eigenvalue weighted by atomic mass is 10.2. The molecule has 0 saturated heterocycles. The van der Waals surface area contributed by atoms with Crippen LogP contribution in [0.3, 0.4) is 0 Å². The number of amides is 1. The summed E-state index contributed by atoms with van der Waals surface area (Å²) < 4.78 is 1.37. The van der Waals surface area contributed by atoms with Gasteiger partial charge in [-0.2, -0.15) is 0 Å². The monoisotopic (exact) mass is 255 g/mol. The predicted molar refractivity (Wildman–Crippen MR) is 76.8 cm³/mol. The van der Waals surface area contributed by atoms with Gasteiger partial charge in [0.1, 0.15) is 0 Å². The van der Waals surface area contributed by atoms with Gasteiger partial charge in [-0.1, -0.05) is 36.4 Å². The summed E-state index contributed by atoms with van der Waals surface area (Å²) >= 11 is 1.79. The molecule has 0 bridgehead atoms. The number of fused-ring (bicyclic) bond motifs is 1. The number of carbonyl (C=O) groups excluding carboxylic acids is 1. The third-order valence-corrected chi connectivity index (χ3v) is 3.32. The van der Waals surface area contributed by atoms with Crippen LogP contribution in [0.15, 0.2) is 66.0 Å². The van der Waals surface area contributed by atoms with Crippen molar-refractivity contribution in [1.29, 1.82) is 0 Å². The van der Waals surface area contributed by atoms with E-state index >= 15 is 0 Å². The normalized spacial score (nSPS) is 9.56. The molecule has 3 rings (SSSR count). The molecular formula is C15H13NOS. The molecule has 3 aromatic rings. The minimum atomic E-state index is -0.379. The Bertz CT molecular complexity index is 601. The molecule has 0 radical (unpaired) electrons. The second-order valence-corrected chi connectivity index (χ2v) is 4.64. The predicted octanol–water partition coefficient (Wildman–Crippen LogP) is 3.69. The van der Waals surface area contributed by atoms with E-state index in [9.17, 15) is 4.79 Å². The van der Waals surface area contributed by atoms with Crippen LogP contribution in [0.5, 0.6) is 0 Å². The second kappa shape index (κ2) is 5.98. The summed E-state index contributed by atoms with van der Waals surface area (Å²) in [5.41, 5.74) is 5.53. The Balaban J connectivity index is 0.000000134. The molecule has 18 heavy (non-hydrogen) atoms. The number of hydrogen-bond acceptors (Lipinski definition) is 2. The van der Waals surface area contributed by atoms with Crippen LogP contribution in [-0.2, 0) is 0 Å². The molecule has 0 aliphatic heterocycles. The molecule has 1 amide bonds. The fourth-order valence-corrected chi connectivity index (χ4v) is 2.30. The number of thiophene rings is 1. The van der Waals surface area contributed by atoms with Crippen LogP contribution < -0.4 is 5.73 Å². The molecule has 1 heterocycles. The van der Waals surface area contributed by atoms with Gasteiger partial charge in [-0.3, -0.25) is 4.79 Å². The van der Waals surface area contributed by atoms with Crippen LogP contribution in [0, 0.1) is 0 Å². The molecular weight excluding hydrogens is 242 g/mol. The highest BCUT2D eigenvalue weighted by molar-refractivity contribution is 7.17. The van der Waals surface area contributed by atoms with Gasteiger partial charge in [0.25, 0.3) is 0 Å². The van der Waals surface area contributed by atoms with Crippen molar-refractivity contribution in [3.8, 4) is 0 Å². The maximum absolute atomic E-state index is 10.4. The van der Waals surface area contributed by atoms with Gasteiger partial charge in [0.2, 0.25) is 5.91 Å². The van der Waals surface area contributed by atoms with Gasteiger partial charge < -0.3 is 5.73 Å². The Morgan fingerprint density at radius 2 is 1.56 bits per heavy atom. The number of primary amides is 1. The Morgan fingerprint density at radius 3 is 2.17 bits per heavy atom. The third-order valence-electron chi connectivity index (χ3n) is 2.42. The Hall–Kier alpha value is -2.13. The zero-order chi connectivity index (χ0) is 12.8. The lowest BCUT2D eigenvalue weighted by Crippen LogP contribution is -2.09. The molecule has 0 fully saturated rings. The average molecular weight is 255 g/mol. The zero-order valence-corrected chi connectivity index (χ0v) is 10.6. The molecule has 0 aliphatic carbocycles. The van der Waals surface area contributed by atoms with E-state index in [0.717, 1.165) is 0 Å². The molecule has 0 unspecified atom stereocenters. The quantitative estimate of drug-likeness (QED) is 0.708. The first-order valence-corrected chi connectivity index (χ1v) is 6.42. The van der Waals surface area contributed by atoms with Gasteiger partial charge in [0, 0.05) is 10.3 Å². The van der Waals surface area contributed by atoms with E-state index in [2.05, 4.69) is 35.7 Å². The van der Waals surface area contributed by atoms with Crippen molar-refractivity contribution >= 4 is 27.3 Å². The van der Waals surface area contributed by atoms with Crippen LogP contribution >= 0.6 is 11.3 Å².